The molecule has 29 heavy (non-hydrogen) atoms. The summed E-state index contributed by atoms with van der Waals surface area (Å²) >= 11 is 0. The Hall–Kier alpha value is -3.02. The van der Waals surface area contributed by atoms with Crippen molar-refractivity contribution < 1.29 is 23.8 Å². The molecular formula is C23H29NO5. The van der Waals surface area contributed by atoms with E-state index in [1.165, 1.54) is 0 Å². The van der Waals surface area contributed by atoms with E-state index in [9.17, 15) is 9.59 Å². The Kier molecular flexibility index (Phi) is 9.02. The second-order valence-corrected chi connectivity index (χ2v) is 6.53. The third kappa shape index (κ3) is 7.14. The lowest BCUT2D eigenvalue weighted by atomic mass is 10.1. The summed E-state index contributed by atoms with van der Waals surface area (Å²) in [5.41, 5.74) is 2.11. The van der Waals surface area contributed by atoms with E-state index in [1.807, 2.05) is 32.0 Å². The van der Waals surface area contributed by atoms with E-state index in [0.717, 1.165) is 18.4 Å². The van der Waals surface area contributed by atoms with Gasteiger partial charge in [0.05, 0.1) is 25.9 Å². The van der Waals surface area contributed by atoms with Crippen molar-refractivity contribution in [2.24, 2.45) is 0 Å². The summed E-state index contributed by atoms with van der Waals surface area (Å²) in [6.07, 6.45) is 2.73. The topological polar surface area (TPSA) is 73.9 Å². The third-order valence-electron chi connectivity index (χ3n) is 4.30. The molecule has 0 heterocycles. The van der Waals surface area contributed by atoms with Crippen LogP contribution in [0.25, 0.3) is 0 Å². The molecule has 1 N–H and O–H groups in total. The van der Waals surface area contributed by atoms with Gasteiger partial charge in [-0.15, -0.1) is 0 Å². The highest BCUT2D eigenvalue weighted by Gasteiger charge is 2.10. The fourth-order valence-corrected chi connectivity index (χ4v) is 2.71. The van der Waals surface area contributed by atoms with Crippen LogP contribution in [-0.4, -0.2) is 32.2 Å². The van der Waals surface area contributed by atoms with Gasteiger partial charge in [0, 0.05) is 12.1 Å². The Morgan fingerprint density at radius 2 is 1.76 bits per heavy atom. The average Bonchev–Trinajstić information content (AvgIpc) is 2.73. The number of benzene rings is 2. The normalized spacial score (nSPS) is 10.3. The number of unbranched alkanes of at least 4 members (excludes halogenated alkanes) is 1. The van der Waals surface area contributed by atoms with Crippen molar-refractivity contribution in [2.75, 3.05) is 25.6 Å². The molecule has 6 heteroatoms. The van der Waals surface area contributed by atoms with Crippen LogP contribution in [0.15, 0.2) is 42.5 Å². The van der Waals surface area contributed by atoms with Gasteiger partial charge in [-0.25, -0.2) is 4.79 Å². The highest BCUT2D eigenvalue weighted by molar-refractivity contribution is 5.93. The highest BCUT2D eigenvalue weighted by Crippen LogP contribution is 2.28. The number of anilines is 1. The van der Waals surface area contributed by atoms with E-state index in [4.69, 9.17) is 14.2 Å². The molecule has 0 aromatic heterocycles. The molecule has 0 atom stereocenters. The number of hydrogen-bond donors (Lipinski definition) is 1. The molecule has 0 aliphatic heterocycles. The maximum absolute atomic E-state index is 12.2. The van der Waals surface area contributed by atoms with Crippen LogP contribution in [0.3, 0.4) is 0 Å². The summed E-state index contributed by atoms with van der Waals surface area (Å²) in [5, 5.41) is 2.84. The third-order valence-corrected chi connectivity index (χ3v) is 4.30. The second-order valence-electron chi connectivity index (χ2n) is 6.53. The van der Waals surface area contributed by atoms with Gasteiger partial charge in [0.1, 0.15) is 0 Å². The lowest BCUT2D eigenvalue weighted by Gasteiger charge is -2.11. The molecule has 2 aromatic rings. The Bertz CT molecular complexity index is 801. The highest BCUT2D eigenvalue weighted by atomic mass is 16.5. The SMILES string of the molecule is CCCCOC(=O)c1ccc(NC(=O)CCc2ccc(OCC)c(OC)c2)cc1. The molecule has 0 aliphatic carbocycles. The maximum Gasteiger partial charge on any atom is 0.338 e. The number of amides is 1. The summed E-state index contributed by atoms with van der Waals surface area (Å²) in [6, 6.07) is 12.4. The molecule has 6 nitrogen and oxygen atoms in total. The molecule has 0 saturated carbocycles. The Balaban J connectivity index is 1.85. The number of methoxy groups -OCH3 is 1. The fraction of sp³-hybridized carbons (Fsp3) is 0.391. The standard InChI is InChI=1S/C23H29NO5/c1-4-6-15-29-23(26)18-9-11-19(12-10-18)24-22(25)14-8-17-7-13-20(28-5-2)21(16-17)27-3/h7,9-13,16H,4-6,8,14-15H2,1-3H3,(H,24,25). The lowest BCUT2D eigenvalue weighted by Crippen LogP contribution is -2.13. The van der Waals surface area contributed by atoms with E-state index in [0.29, 0.717) is 48.8 Å². The van der Waals surface area contributed by atoms with Crippen LogP contribution in [-0.2, 0) is 16.0 Å². The zero-order valence-electron chi connectivity index (χ0n) is 17.3. The van der Waals surface area contributed by atoms with Gasteiger partial charge in [0.15, 0.2) is 11.5 Å². The van der Waals surface area contributed by atoms with Crippen LogP contribution < -0.4 is 14.8 Å². The van der Waals surface area contributed by atoms with Crippen LogP contribution in [0, 0.1) is 0 Å². The molecule has 0 unspecified atom stereocenters. The zero-order chi connectivity index (χ0) is 21.1. The molecule has 0 bridgehead atoms. The first-order chi connectivity index (χ1) is 14.1. The van der Waals surface area contributed by atoms with Gasteiger partial charge in [-0.05, 0) is 61.7 Å². The van der Waals surface area contributed by atoms with Gasteiger partial charge in [-0.2, -0.15) is 0 Å². The van der Waals surface area contributed by atoms with E-state index in [2.05, 4.69) is 5.32 Å². The van der Waals surface area contributed by atoms with Crippen LogP contribution in [0.4, 0.5) is 5.69 Å². The first-order valence-electron chi connectivity index (χ1n) is 9.94. The molecule has 0 aliphatic rings. The van der Waals surface area contributed by atoms with Crippen molar-refractivity contribution >= 4 is 17.6 Å². The summed E-state index contributed by atoms with van der Waals surface area (Å²) in [6.45, 7) is 4.94. The number of hydrogen-bond acceptors (Lipinski definition) is 5. The molecule has 156 valence electrons. The van der Waals surface area contributed by atoms with E-state index in [-0.39, 0.29) is 11.9 Å². The molecule has 0 saturated heterocycles. The van der Waals surface area contributed by atoms with E-state index < -0.39 is 0 Å². The minimum absolute atomic E-state index is 0.101. The van der Waals surface area contributed by atoms with Crippen LogP contribution in [0.5, 0.6) is 11.5 Å². The van der Waals surface area contributed by atoms with Crippen molar-refractivity contribution in [3.05, 3.63) is 53.6 Å². The number of nitrogens with one attached hydrogen (secondary N) is 1. The summed E-state index contributed by atoms with van der Waals surface area (Å²) in [5.74, 6) is 0.902. The second kappa shape index (κ2) is 11.7. The van der Waals surface area contributed by atoms with E-state index in [1.54, 1.807) is 31.4 Å². The van der Waals surface area contributed by atoms with Crippen LogP contribution >= 0.6 is 0 Å². The van der Waals surface area contributed by atoms with Crippen LogP contribution in [0.1, 0.15) is 49.0 Å². The van der Waals surface area contributed by atoms with Gasteiger partial charge >= 0.3 is 5.97 Å². The summed E-state index contributed by atoms with van der Waals surface area (Å²) < 4.78 is 16.0. The maximum atomic E-state index is 12.2. The smallest absolute Gasteiger partial charge is 0.338 e. The number of esters is 1. The van der Waals surface area contributed by atoms with Crippen molar-refractivity contribution in [1.29, 1.82) is 0 Å². The summed E-state index contributed by atoms with van der Waals surface area (Å²) in [7, 11) is 1.59. The van der Waals surface area contributed by atoms with Crippen molar-refractivity contribution in [1.82, 2.24) is 0 Å². The quantitative estimate of drug-likeness (QED) is 0.441. The van der Waals surface area contributed by atoms with Gasteiger partial charge < -0.3 is 19.5 Å². The average molecular weight is 399 g/mol. The fourth-order valence-electron chi connectivity index (χ4n) is 2.71. The number of aryl methyl sites for hydroxylation is 1. The molecule has 1 amide bonds. The number of carbonyl (C=O) groups excluding carboxylic acids is 2. The number of rotatable bonds is 11. The molecule has 0 radical (unpaired) electrons. The minimum Gasteiger partial charge on any atom is -0.493 e. The molecule has 2 rings (SSSR count). The van der Waals surface area contributed by atoms with Crippen molar-refractivity contribution in [3.63, 3.8) is 0 Å². The first kappa shape index (κ1) is 22.3. The Labute approximate surface area is 172 Å². The van der Waals surface area contributed by atoms with Crippen molar-refractivity contribution in [2.45, 2.75) is 39.5 Å². The number of carbonyl (C=O) groups is 2. The minimum atomic E-state index is -0.347. The monoisotopic (exact) mass is 399 g/mol. The Morgan fingerprint density at radius 3 is 2.41 bits per heavy atom. The Morgan fingerprint density at radius 1 is 1.00 bits per heavy atom. The van der Waals surface area contributed by atoms with Gasteiger partial charge in [-0.1, -0.05) is 19.4 Å². The first-order valence-corrected chi connectivity index (χ1v) is 9.94. The largest absolute Gasteiger partial charge is 0.493 e. The zero-order valence-corrected chi connectivity index (χ0v) is 17.3. The lowest BCUT2D eigenvalue weighted by molar-refractivity contribution is -0.116. The predicted molar refractivity (Wildman–Crippen MR) is 113 cm³/mol. The van der Waals surface area contributed by atoms with Crippen LogP contribution in [0.2, 0.25) is 0 Å². The predicted octanol–water partition coefficient (Wildman–Crippen LogP) is 4.62. The molecule has 0 fully saturated rings. The molecule has 2 aromatic carbocycles. The van der Waals surface area contributed by atoms with Gasteiger partial charge in [0.2, 0.25) is 5.91 Å². The summed E-state index contributed by atoms with van der Waals surface area (Å²) in [4.78, 5) is 24.1. The van der Waals surface area contributed by atoms with Gasteiger partial charge in [-0.3, -0.25) is 4.79 Å². The van der Waals surface area contributed by atoms with Gasteiger partial charge in [0.25, 0.3) is 0 Å². The van der Waals surface area contributed by atoms with Crippen molar-refractivity contribution in [3.8, 4) is 11.5 Å². The molecular weight excluding hydrogens is 370 g/mol. The molecule has 0 spiro atoms. The van der Waals surface area contributed by atoms with E-state index >= 15 is 0 Å². The number of ether oxygens (including phenoxy) is 3.